The molecule has 0 fully saturated rings. The average Bonchev–Trinajstić information content (AvgIpc) is 2.76. The fourth-order valence-corrected chi connectivity index (χ4v) is 3.20. The van der Waals surface area contributed by atoms with Crippen molar-refractivity contribution in [3.8, 4) is 17.2 Å². The third-order valence-corrected chi connectivity index (χ3v) is 5.25. The van der Waals surface area contributed by atoms with E-state index in [1.165, 1.54) is 6.20 Å². The first kappa shape index (κ1) is 22.6. The number of hydrogen-bond acceptors (Lipinski definition) is 4. The number of hydrogen-bond donors (Lipinski definition) is 1. The molecule has 8 heteroatoms. The molecule has 0 saturated heterocycles. The van der Waals surface area contributed by atoms with Gasteiger partial charge in [-0.15, -0.1) is 0 Å². The Morgan fingerprint density at radius 2 is 1.81 bits per heavy atom. The Hall–Kier alpha value is -3.11. The summed E-state index contributed by atoms with van der Waals surface area (Å²) in [5.74, 6) is 0. The predicted octanol–water partition coefficient (Wildman–Crippen LogP) is 5.53. The summed E-state index contributed by atoms with van der Waals surface area (Å²) < 4.78 is 0. The van der Waals surface area contributed by atoms with Gasteiger partial charge in [0.05, 0.1) is 28.5 Å². The molecule has 0 saturated carbocycles. The van der Waals surface area contributed by atoms with Crippen LogP contribution in [0, 0.1) is 11.3 Å². The molecule has 0 bridgehead atoms. The molecule has 3 aromatic rings. The van der Waals surface area contributed by atoms with Gasteiger partial charge in [0.15, 0.2) is 0 Å². The molecule has 158 valence electrons. The molecule has 0 unspecified atom stereocenters. The zero-order valence-electron chi connectivity index (χ0n) is 17.1. The summed E-state index contributed by atoms with van der Waals surface area (Å²) in [5, 5.41) is 12.4. The second-order valence-electron chi connectivity index (χ2n) is 7.12. The topological polar surface area (TPSA) is 72.3 Å². The standard InChI is InChI=1S/C23H21Cl2N5O/c1-29(2)10-11-30(23(31)28-19-13-21(24)22(25)27-15-19)20-8-6-17(7-9-20)18-5-3-4-16(12-18)14-26/h3-9,12-13,15H,10-11H2,1-2H3,(H,28,31). The number of halogens is 2. The molecule has 0 atom stereocenters. The van der Waals surface area contributed by atoms with Gasteiger partial charge in [-0.2, -0.15) is 5.26 Å². The normalized spacial score (nSPS) is 10.6. The second kappa shape index (κ2) is 10.3. The number of nitriles is 1. The first-order chi connectivity index (χ1) is 14.9. The van der Waals surface area contributed by atoms with E-state index in [-0.39, 0.29) is 16.2 Å². The third kappa shape index (κ3) is 5.96. The summed E-state index contributed by atoms with van der Waals surface area (Å²) in [5.41, 5.74) is 3.70. The van der Waals surface area contributed by atoms with Crippen molar-refractivity contribution in [2.24, 2.45) is 0 Å². The zero-order chi connectivity index (χ0) is 22.4. The Kier molecular flexibility index (Phi) is 7.48. The summed E-state index contributed by atoms with van der Waals surface area (Å²) in [6.07, 6.45) is 1.46. The van der Waals surface area contributed by atoms with Crippen molar-refractivity contribution < 1.29 is 4.79 Å². The molecule has 2 aromatic carbocycles. The molecule has 1 heterocycles. The van der Waals surface area contributed by atoms with E-state index in [0.29, 0.717) is 24.3 Å². The number of amides is 2. The number of nitrogens with zero attached hydrogens (tertiary/aromatic N) is 4. The van der Waals surface area contributed by atoms with Crippen LogP contribution in [0.15, 0.2) is 60.8 Å². The third-order valence-electron chi connectivity index (χ3n) is 4.57. The van der Waals surface area contributed by atoms with E-state index in [1.54, 1.807) is 17.0 Å². The minimum Gasteiger partial charge on any atom is -0.308 e. The molecule has 2 amide bonds. The highest BCUT2D eigenvalue weighted by Crippen LogP contribution is 2.26. The molecular formula is C23H21Cl2N5O. The summed E-state index contributed by atoms with van der Waals surface area (Å²) in [7, 11) is 3.90. The summed E-state index contributed by atoms with van der Waals surface area (Å²) in [4.78, 5) is 20.6. The number of rotatable bonds is 6. The van der Waals surface area contributed by atoms with E-state index in [0.717, 1.165) is 16.8 Å². The predicted molar refractivity (Wildman–Crippen MR) is 126 cm³/mol. The number of carbonyl (C=O) groups is 1. The van der Waals surface area contributed by atoms with Crippen molar-refractivity contribution in [1.29, 1.82) is 5.26 Å². The van der Waals surface area contributed by atoms with Crippen molar-refractivity contribution >= 4 is 40.6 Å². The highest BCUT2D eigenvalue weighted by molar-refractivity contribution is 6.41. The maximum atomic E-state index is 13.0. The fourth-order valence-electron chi connectivity index (χ4n) is 2.93. The summed E-state index contributed by atoms with van der Waals surface area (Å²) >= 11 is 11.9. The van der Waals surface area contributed by atoms with Gasteiger partial charge < -0.3 is 10.2 Å². The highest BCUT2D eigenvalue weighted by atomic mass is 35.5. The number of likely N-dealkylation sites (N-methyl/N-ethyl adjacent to an activating group) is 1. The van der Waals surface area contributed by atoms with E-state index < -0.39 is 0 Å². The van der Waals surface area contributed by atoms with Crippen LogP contribution in [0.2, 0.25) is 10.2 Å². The lowest BCUT2D eigenvalue weighted by molar-refractivity contribution is 0.256. The molecule has 0 aliphatic rings. The minimum atomic E-state index is -0.304. The number of benzene rings is 2. The quantitative estimate of drug-likeness (QED) is 0.498. The van der Waals surface area contributed by atoms with E-state index in [4.69, 9.17) is 28.5 Å². The molecular weight excluding hydrogens is 433 g/mol. The van der Waals surface area contributed by atoms with Crippen molar-refractivity contribution in [1.82, 2.24) is 9.88 Å². The van der Waals surface area contributed by atoms with Crippen molar-refractivity contribution in [3.63, 3.8) is 0 Å². The van der Waals surface area contributed by atoms with Crippen LogP contribution in [0.1, 0.15) is 5.56 Å². The van der Waals surface area contributed by atoms with Crippen LogP contribution in [-0.4, -0.2) is 43.1 Å². The Morgan fingerprint density at radius 1 is 1.06 bits per heavy atom. The molecule has 6 nitrogen and oxygen atoms in total. The Balaban J connectivity index is 1.84. The summed E-state index contributed by atoms with van der Waals surface area (Å²) in [6.45, 7) is 1.16. The van der Waals surface area contributed by atoms with Crippen molar-refractivity contribution in [2.75, 3.05) is 37.4 Å². The second-order valence-corrected chi connectivity index (χ2v) is 7.89. The molecule has 0 aliphatic carbocycles. The maximum Gasteiger partial charge on any atom is 0.326 e. The van der Waals surface area contributed by atoms with E-state index in [1.807, 2.05) is 61.5 Å². The first-order valence-electron chi connectivity index (χ1n) is 9.52. The Bertz CT molecular complexity index is 1110. The van der Waals surface area contributed by atoms with Crippen molar-refractivity contribution in [2.45, 2.75) is 0 Å². The lowest BCUT2D eigenvalue weighted by Gasteiger charge is -2.25. The van der Waals surface area contributed by atoms with Gasteiger partial charge in [-0.3, -0.25) is 4.90 Å². The molecule has 31 heavy (non-hydrogen) atoms. The number of aromatic nitrogens is 1. The van der Waals surface area contributed by atoms with Crippen molar-refractivity contribution in [3.05, 3.63) is 76.5 Å². The van der Waals surface area contributed by atoms with Crippen LogP contribution < -0.4 is 10.2 Å². The average molecular weight is 454 g/mol. The minimum absolute atomic E-state index is 0.181. The number of carbonyl (C=O) groups excluding carboxylic acids is 1. The Labute approximate surface area is 191 Å². The lowest BCUT2D eigenvalue weighted by Crippen LogP contribution is -2.39. The van der Waals surface area contributed by atoms with Gasteiger partial charge in [0, 0.05) is 18.8 Å². The maximum absolute atomic E-state index is 13.0. The van der Waals surface area contributed by atoms with Crippen LogP contribution in [0.25, 0.3) is 11.1 Å². The summed E-state index contributed by atoms with van der Waals surface area (Å²) in [6, 6.07) is 18.4. The van der Waals surface area contributed by atoms with Crippen LogP contribution in [0.3, 0.4) is 0 Å². The molecule has 1 aromatic heterocycles. The molecule has 3 rings (SSSR count). The van der Waals surface area contributed by atoms with Crippen LogP contribution in [0.4, 0.5) is 16.2 Å². The van der Waals surface area contributed by atoms with Crippen LogP contribution in [0.5, 0.6) is 0 Å². The SMILES string of the molecule is CN(C)CCN(C(=O)Nc1cnc(Cl)c(Cl)c1)c1ccc(-c2cccc(C#N)c2)cc1. The van der Waals surface area contributed by atoms with Gasteiger partial charge in [0.25, 0.3) is 0 Å². The Morgan fingerprint density at radius 3 is 2.45 bits per heavy atom. The molecule has 1 N–H and O–H groups in total. The van der Waals surface area contributed by atoms with E-state index in [2.05, 4.69) is 16.4 Å². The van der Waals surface area contributed by atoms with Crippen LogP contribution >= 0.6 is 23.2 Å². The van der Waals surface area contributed by atoms with Gasteiger partial charge in [-0.1, -0.05) is 47.5 Å². The smallest absolute Gasteiger partial charge is 0.308 e. The van der Waals surface area contributed by atoms with E-state index in [9.17, 15) is 4.79 Å². The number of pyridine rings is 1. The van der Waals surface area contributed by atoms with Gasteiger partial charge in [0.1, 0.15) is 5.15 Å². The first-order valence-corrected chi connectivity index (χ1v) is 10.3. The highest BCUT2D eigenvalue weighted by Gasteiger charge is 2.17. The molecule has 0 spiro atoms. The van der Waals surface area contributed by atoms with E-state index >= 15 is 0 Å². The fraction of sp³-hybridized carbons (Fsp3) is 0.174. The number of urea groups is 1. The largest absolute Gasteiger partial charge is 0.326 e. The zero-order valence-corrected chi connectivity index (χ0v) is 18.7. The van der Waals surface area contributed by atoms with Gasteiger partial charge >= 0.3 is 6.03 Å². The van der Waals surface area contributed by atoms with Gasteiger partial charge in [-0.25, -0.2) is 9.78 Å². The number of nitrogens with one attached hydrogen (secondary N) is 1. The van der Waals surface area contributed by atoms with Crippen LogP contribution in [-0.2, 0) is 0 Å². The monoisotopic (exact) mass is 453 g/mol. The number of anilines is 2. The van der Waals surface area contributed by atoms with Gasteiger partial charge in [-0.05, 0) is 55.6 Å². The molecule has 0 radical (unpaired) electrons. The lowest BCUT2D eigenvalue weighted by atomic mass is 10.0. The molecule has 0 aliphatic heterocycles. The van der Waals surface area contributed by atoms with Gasteiger partial charge in [0.2, 0.25) is 0 Å².